The number of thiophene rings is 1. The summed E-state index contributed by atoms with van der Waals surface area (Å²) < 4.78 is 12.6. The monoisotopic (exact) mass is 409 g/mol. The second kappa shape index (κ2) is 7.20. The predicted octanol–water partition coefficient (Wildman–Crippen LogP) is 5.17. The summed E-state index contributed by atoms with van der Waals surface area (Å²) in [6.07, 6.45) is 0. The molecule has 21 heavy (non-hydrogen) atoms. The van der Waals surface area contributed by atoms with Crippen LogP contribution in [0.15, 0.2) is 28.7 Å². The smallest absolute Gasteiger partial charge is 0.231 e. The minimum atomic E-state index is 0. The van der Waals surface area contributed by atoms with Crippen LogP contribution in [0, 0.1) is 0 Å². The first-order valence-electron chi connectivity index (χ1n) is 6.20. The van der Waals surface area contributed by atoms with E-state index in [0.717, 1.165) is 32.4 Å². The SMILES string of the molecule is CC(NCc1cc2c(cc1Br)OCO2)c1ccc(Cl)s1.Cl. The lowest BCUT2D eigenvalue weighted by Gasteiger charge is -2.13. The van der Waals surface area contributed by atoms with Crippen LogP contribution >= 0.6 is 51.3 Å². The summed E-state index contributed by atoms with van der Waals surface area (Å²) in [5.41, 5.74) is 1.14. The molecule has 0 saturated carbocycles. The summed E-state index contributed by atoms with van der Waals surface area (Å²) in [4.78, 5) is 1.23. The Morgan fingerprint density at radius 3 is 2.71 bits per heavy atom. The van der Waals surface area contributed by atoms with Crippen LogP contribution in [0.1, 0.15) is 23.4 Å². The zero-order valence-electron chi connectivity index (χ0n) is 11.2. The molecule has 1 aliphatic rings. The van der Waals surface area contributed by atoms with Crippen molar-refractivity contribution in [3.8, 4) is 11.5 Å². The van der Waals surface area contributed by atoms with E-state index in [-0.39, 0.29) is 18.4 Å². The standard InChI is InChI=1S/C14H13BrClNO2S.ClH/c1-8(13-2-3-14(16)20-13)17-6-9-4-11-12(5-10(9)15)19-7-18-11;/h2-5,8,17H,6-7H2,1H3;1H. The van der Waals surface area contributed by atoms with Crippen molar-refractivity contribution in [1.82, 2.24) is 5.32 Å². The van der Waals surface area contributed by atoms with Crippen molar-refractivity contribution in [3.63, 3.8) is 0 Å². The molecule has 1 N–H and O–H groups in total. The minimum absolute atomic E-state index is 0. The van der Waals surface area contributed by atoms with E-state index >= 15 is 0 Å². The van der Waals surface area contributed by atoms with Crippen molar-refractivity contribution in [2.75, 3.05) is 6.79 Å². The van der Waals surface area contributed by atoms with Crippen molar-refractivity contribution >= 4 is 51.3 Å². The normalized spacial score (nSPS) is 13.9. The topological polar surface area (TPSA) is 30.5 Å². The van der Waals surface area contributed by atoms with Gasteiger partial charge in [-0.15, -0.1) is 23.7 Å². The minimum Gasteiger partial charge on any atom is -0.454 e. The maximum absolute atomic E-state index is 5.96. The molecule has 1 aromatic heterocycles. The molecule has 0 radical (unpaired) electrons. The molecule has 0 saturated heterocycles. The van der Waals surface area contributed by atoms with Crippen LogP contribution in [-0.2, 0) is 6.54 Å². The first-order valence-corrected chi connectivity index (χ1v) is 8.19. The summed E-state index contributed by atoms with van der Waals surface area (Å²) in [7, 11) is 0. The number of nitrogens with one attached hydrogen (secondary N) is 1. The summed E-state index contributed by atoms with van der Waals surface area (Å²) >= 11 is 11.1. The third-order valence-electron chi connectivity index (χ3n) is 3.16. The Morgan fingerprint density at radius 1 is 1.33 bits per heavy atom. The van der Waals surface area contributed by atoms with E-state index < -0.39 is 0 Å². The van der Waals surface area contributed by atoms with Gasteiger partial charge in [0, 0.05) is 21.9 Å². The fourth-order valence-corrected chi connectivity index (χ4v) is 3.57. The van der Waals surface area contributed by atoms with E-state index in [9.17, 15) is 0 Å². The Bertz CT molecular complexity index is 635. The number of hydrogen-bond acceptors (Lipinski definition) is 4. The van der Waals surface area contributed by atoms with Gasteiger partial charge in [0.05, 0.1) is 4.34 Å². The summed E-state index contributed by atoms with van der Waals surface area (Å²) in [6, 6.07) is 8.19. The van der Waals surface area contributed by atoms with Crippen LogP contribution in [0.5, 0.6) is 11.5 Å². The van der Waals surface area contributed by atoms with Crippen molar-refractivity contribution in [3.05, 3.63) is 43.5 Å². The molecule has 3 rings (SSSR count). The van der Waals surface area contributed by atoms with E-state index in [1.807, 2.05) is 18.2 Å². The third kappa shape index (κ3) is 3.85. The molecule has 3 nitrogen and oxygen atoms in total. The fourth-order valence-electron chi connectivity index (χ4n) is 2.02. The molecule has 114 valence electrons. The Balaban J connectivity index is 0.00000161. The molecule has 1 aromatic carbocycles. The molecule has 0 aliphatic carbocycles. The van der Waals surface area contributed by atoms with Crippen molar-refractivity contribution in [2.24, 2.45) is 0 Å². The molecule has 1 aliphatic heterocycles. The first-order chi connectivity index (χ1) is 9.63. The molecule has 1 atom stereocenters. The molecule has 2 heterocycles. The van der Waals surface area contributed by atoms with Gasteiger partial charge in [0.1, 0.15) is 0 Å². The molecule has 1 unspecified atom stereocenters. The quantitative estimate of drug-likeness (QED) is 0.754. The zero-order chi connectivity index (χ0) is 14.1. The van der Waals surface area contributed by atoms with Gasteiger partial charge in [-0.1, -0.05) is 27.5 Å². The van der Waals surface area contributed by atoms with Gasteiger partial charge < -0.3 is 14.8 Å². The highest BCUT2D eigenvalue weighted by Gasteiger charge is 2.17. The number of halogens is 3. The van der Waals surface area contributed by atoms with Crippen molar-refractivity contribution in [2.45, 2.75) is 19.5 Å². The molecule has 0 amide bonds. The number of rotatable bonds is 4. The van der Waals surface area contributed by atoms with Gasteiger partial charge in [-0.25, -0.2) is 0 Å². The molecule has 0 spiro atoms. The molecule has 0 fully saturated rings. The summed E-state index contributed by atoms with van der Waals surface area (Å²) in [5.74, 6) is 1.59. The summed E-state index contributed by atoms with van der Waals surface area (Å²) in [5, 5.41) is 3.49. The highest BCUT2D eigenvalue weighted by atomic mass is 79.9. The van der Waals surface area contributed by atoms with Gasteiger partial charge in [0.25, 0.3) is 0 Å². The van der Waals surface area contributed by atoms with Crippen LogP contribution < -0.4 is 14.8 Å². The van der Waals surface area contributed by atoms with Crippen LogP contribution in [0.4, 0.5) is 0 Å². The highest BCUT2D eigenvalue weighted by molar-refractivity contribution is 9.10. The van der Waals surface area contributed by atoms with E-state index in [2.05, 4.69) is 34.2 Å². The molecule has 0 bridgehead atoms. The second-order valence-electron chi connectivity index (χ2n) is 4.54. The Labute approximate surface area is 147 Å². The number of fused-ring (bicyclic) bond motifs is 1. The van der Waals surface area contributed by atoms with Gasteiger partial charge >= 0.3 is 0 Å². The maximum atomic E-state index is 5.96. The number of benzene rings is 1. The van der Waals surface area contributed by atoms with E-state index in [1.54, 1.807) is 11.3 Å². The van der Waals surface area contributed by atoms with Gasteiger partial charge in [-0.3, -0.25) is 0 Å². The fraction of sp³-hybridized carbons (Fsp3) is 0.286. The van der Waals surface area contributed by atoms with Gasteiger partial charge in [0.2, 0.25) is 6.79 Å². The second-order valence-corrected chi connectivity index (χ2v) is 7.14. The Hall–Kier alpha value is -0.460. The van der Waals surface area contributed by atoms with Crippen molar-refractivity contribution < 1.29 is 9.47 Å². The lowest BCUT2D eigenvalue weighted by Crippen LogP contribution is -2.17. The molecular weight excluding hydrogens is 397 g/mol. The van der Waals surface area contributed by atoms with Crippen LogP contribution in [0.3, 0.4) is 0 Å². The van der Waals surface area contributed by atoms with Crippen molar-refractivity contribution in [1.29, 1.82) is 0 Å². The lowest BCUT2D eigenvalue weighted by atomic mass is 10.2. The largest absolute Gasteiger partial charge is 0.454 e. The molecular formula is C14H14BrCl2NO2S. The van der Waals surface area contributed by atoms with Gasteiger partial charge in [0.15, 0.2) is 11.5 Å². The van der Waals surface area contributed by atoms with Crippen LogP contribution in [-0.4, -0.2) is 6.79 Å². The number of ether oxygens (including phenoxy) is 2. The Kier molecular flexibility index (Phi) is 5.80. The van der Waals surface area contributed by atoms with E-state index in [1.165, 1.54) is 4.88 Å². The highest BCUT2D eigenvalue weighted by Crippen LogP contribution is 2.37. The number of hydrogen-bond donors (Lipinski definition) is 1. The average molecular weight is 411 g/mol. The third-order valence-corrected chi connectivity index (χ3v) is 5.31. The lowest BCUT2D eigenvalue weighted by molar-refractivity contribution is 0.174. The Morgan fingerprint density at radius 2 is 2.05 bits per heavy atom. The summed E-state index contributed by atoms with van der Waals surface area (Å²) in [6.45, 7) is 3.17. The van der Waals surface area contributed by atoms with Crippen LogP contribution in [0.25, 0.3) is 0 Å². The van der Waals surface area contributed by atoms with E-state index in [4.69, 9.17) is 21.1 Å². The maximum Gasteiger partial charge on any atom is 0.231 e. The molecule has 7 heteroatoms. The van der Waals surface area contributed by atoms with E-state index in [0.29, 0.717) is 6.79 Å². The zero-order valence-corrected chi connectivity index (χ0v) is 15.2. The van der Waals surface area contributed by atoms with Gasteiger partial charge in [-0.2, -0.15) is 0 Å². The van der Waals surface area contributed by atoms with Crippen LogP contribution in [0.2, 0.25) is 4.34 Å². The first kappa shape index (κ1) is 16.9. The van der Waals surface area contributed by atoms with Gasteiger partial charge in [-0.05, 0) is 36.8 Å². The molecule has 2 aromatic rings. The average Bonchev–Trinajstić information content (AvgIpc) is 3.04. The predicted molar refractivity (Wildman–Crippen MR) is 92.1 cm³/mol.